The van der Waals surface area contributed by atoms with Gasteiger partial charge in [-0.25, -0.2) is 4.57 Å². The SMILES string of the molecule is C=C(C)[n+]1ccn(O)c1. The van der Waals surface area contributed by atoms with Crippen LogP contribution in [-0.2, 0) is 0 Å². The van der Waals surface area contributed by atoms with Gasteiger partial charge in [-0.2, -0.15) is 0 Å². The average molecular weight is 125 g/mol. The van der Waals surface area contributed by atoms with E-state index in [1.54, 1.807) is 10.8 Å². The van der Waals surface area contributed by atoms with E-state index in [0.29, 0.717) is 0 Å². The zero-order chi connectivity index (χ0) is 6.85. The third-order valence-electron chi connectivity index (χ3n) is 1.06. The number of allylic oxidation sites excluding steroid dienone is 1. The average Bonchev–Trinajstić information content (AvgIpc) is 2.14. The van der Waals surface area contributed by atoms with Gasteiger partial charge >= 0.3 is 0 Å². The van der Waals surface area contributed by atoms with Gasteiger partial charge in [-0.3, -0.25) is 0 Å². The lowest BCUT2D eigenvalue weighted by atomic mass is 10.6. The molecule has 1 aromatic rings. The van der Waals surface area contributed by atoms with Gasteiger partial charge in [0.15, 0.2) is 6.20 Å². The van der Waals surface area contributed by atoms with E-state index in [1.807, 2.05) is 6.92 Å². The van der Waals surface area contributed by atoms with E-state index in [4.69, 9.17) is 5.21 Å². The van der Waals surface area contributed by atoms with Crippen LogP contribution in [0.4, 0.5) is 0 Å². The Balaban J connectivity index is 2.98. The predicted octanol–water partition coefficient (Wildman–Crippen LogP) is 0.504. The topological polar surface area (TPSA) is 29.0 Å². The Bertz CT molecular complexity index is 227. The van der Waals surface area contributed by atoms with Crippen LogP contribution in [0.5, 0.6) is 0 Å². The number of hydrogen-bond acceptors (Lipinski definition) is 1. The van der Waals surface area contributed by atoms with Crippen LogP contribution in [0, 0.1) is 0 Å². The van der Waals surface area contributed by atoms with Crippen molar-refractivity contribution in [1.82, 2.24) is 4.73 Å². The van der Waals surface area contributed by atoms with Crippen LogP contribution >= 0.6 is 0 Å². The quantitative estimate of drug-likeness (QED) is 0.430. The summed E-state index contributed by atoms with van der Waals surface area (Å²) in [5.41, 5.74) is 0.878. The molecule has 0 aliphatic rings. The van der Waals surface area contributed by atoms with Crippen molar-refractivity contribution in [2.24, 2.45) is 0 Å². The molecule has 1 rings (SSSR count). The van der Waals surface area contributed by atoms with Crippen LogP contribution in [0.3, 0.4) is 0 Å². The van der Waals surface area contributed by atoms with E-state index in [1.165, 1.54) is 12.5 Å². The number of nitrogens with zero attached hydrogens (tertiary/aromatic N) is 2. The molecule has 1 N–H and O–H groups in total. The first-order valence-electron chi connectivity index (χ1n) is 2.64. The Labute approximate surface area is 53.4 Å². The van der Waals surface area contributed by atoms with E-state index in [0.717, 1.165) is 10.4 Å². The molecule has 0 aliphatic heterocycles. The molecule has 0 radical (unpaired) electrons. The van der Waals surface area contributed by atoms with Crippen molar-refractivity contribution in [1.29, 1.82) is 0 Å². The summed E-state index contributed by atoms with van der Waals surface area (Å²) < 4.78 is 2.70. The summed E-state index contributed by atoms with van der Waals surface area (Å²) in [5.74, 6) is 0. The summed E-state index contributed by atoms with van der Waals surface area (Å²) >= 11 is 0. The highest BCUT2D eigenvalue weighted by atomic mass is 16.5. The summed E-state index contributed by atoms with van der Waals surface area (Å²) in [6.07, 6.45) is 4.79. The molecule has 3 nitrogen and oxygen atoms in total. The van der Waals surface area contributed by atoms with E-state index < -0.39 is 0 Å². The monoisotopic (exact) mass is 125 g/mol. The molecular weight excluding hydrogens is 116 g/mol. The molecule has 0 aromatic carbocycles. The summed E-state index contributed by atoms with van der Waals surface area (Å²) in [6, 6.07) is 0. The minimum atomic E-state index is 0.878. The Morgan fingerprint density at radius 2 is 2.44 bits per heavy atom. The van der Waals surface area contributed by atoms with E-state index in [-0.39, 0.29) is 0 Å². The lowest BCUT2D eigenvalue weighted by Crippen LogP contribution is -2.26. The standard InChI is InChI=1S/C6H9N2O/c1-6(2)7-3-4-8(9)5-7/h3-5,9H,1H2,2H3/q+1. The number of hydrogen-bond donors (Lipinski definition) is 1. The van der Waals surface area contributed by atoms with Crippen LogP contribution < -0.4 is 4.57 Å². The maximum atomic E-state index is 8.76. The van der Waals surface area contributed by atoms with Crippen molar-refractivity contribution in [3.63, 3.8) is 0 Å². The van der Waals surface area contributed by atoms with Gasteiger partial charge in [-0.1, -0.05) is 11.3 Å². The normalized spacial score (nSPS) is 9.44. The second-order valence-corrected chi connectivity index (χ2v) is 1.94. The lowest BCUT2D eigenvalue weighted by Gasteiger charge is -1.85. The van der Waals surface area contributed by atoms with Gasteiger partial charge in [0.05, 0.1) is 5.70 Å². The van der Waals surface area contributed by atoms with Gasteiger partial charge in [0.2, 0.25) is 0 Å². The smallest absolute Gasteiger partial charge is 0.288 e. The zero-order valence-electron chi connectivity index (χ0n) is 5.28. The number of rotatable bonds is 1. The van der Waals surface area contributed by atoms with E-state index in [9.17, 15) is 0 Å². The van der Waals surface area contributed by atoms with Gasteiger partial charge in [-0.15, -0.1) is 0 Å². The first-order valence-corrected chi connectivity index (χ1v) is 2.64. The molecule has 0 aliphatic carbocycles. The van der Waals surface area contributed by atoms with Gasteiger partial charge < -0.3 is 5.21 Å². The first kappa shape index (κ1) is 5.88. The van der Waals surface area contributed by atoms with Crippen LogP contribution in [0.1, 0.15) is 6.92 Å². The Kier molecular flexibility index (Phi) is 1.26. The fourth-order valence-electron chi connectivity index (χ4n) is 0.570. The Hall–Kier alpha value is -1.25. The molecule has 0 fully saturated rings. The summed E-state index contributed by atoms with van der Waals surface area (Å²) in [7, 11) is 0. The van der Waals surface area contributed by atoms with Crippen molar-refractivity contribution in [2.45, 2.75) is 6.92 Å². The molecule has 0 saturated carbocycles. The molecule has 0 saturated heterocycles. The molecule has 0 amide bonds. The van der Waals surface area contributed by atoms with E-state index >= 15 is 0 Å². The van der Waals surface area contributed by atoms with Crippen molar-refractivity contribution in [2.75, 3.05) is 0 Å². The van der Waals surface area contributed by atoms with Crippen LogP contribution in [-0.4, -0.2) is 9.94 Å². The second kappa shape index (κ2) is 1.93. The van der Waals surface area contributed by atoms with Crippen molar-refractivity contribution in [3.8, 4) is 0 Å². The van der Waals surface area contributed by atoms with Crippen molar-refractivity contribution >= 4 is 5.70 Å². The second-order valence-electron chi connectivity index (χ2n) is 1.94. The zero-order valence-corrected chi connectivity index (χ0v) is 5.28. The lowest BCUT2D eigenvalue weighted by molar-refractivity contribution is -0.582. The molecule has 9 heavy (non-hydrogen) atoms. The maximum Gasteiger partial charge on any atom is 0.288 e. The first-order chi connectivity index (χ1) is 4.20. The summed E-state index contributed by atoms with van der Waals surface area (Å²) in [6.45, 7) is 5.54. The number of imidazole rings is 1. The highest BCUT2D eigenvalue weighted by Crippen LogP contribution is 1.84. The third kappa shape index (κ3) is 1.10. The molecule has 0 atom stereocenters. The summed E-state index contributed by atoms with van der Waals surface area (Å²) in [5, 5.41) is 8.76. The van der Waals surface area contributed by atoms with Crippen molar-refractivity contribution < 1.29 is 9.77 Å². The maximum absolute atomic E-state index is 8.76. The molecule has 3 heteroatoms. The fourth-order valence-corrected chi connectivity index (χ4v) is 0.570. The highest BCUT2D eigenvalue weighted by Gasteiger charge is 1.99. The number of aromatic nitrogens is 2. The fraction of sp³-hybridized carbons (Fsp3) is 0.167. The molecule has 0 spiro atoms. The summed E-state index contributed by atoms with van der Waals surface area (Å²) in [4.78, 5) is 0. The van der Waals surface area contributed by atoms with Crippen molar-refractivity contribution in [3.05, 3.63) is 25.3 Å². The molecule has 1 aromatic heterocycles. The highest BCUT2D eigenvalue weighted by molar-refractivity contribution is 5.21. The molecule has 48 valence electrons. The van der Waals surface area contributed by atoms with Gasteiger partial charge in [-0.05, 0) is 6.92 Å². The Morgan fingerprint density at radius 3 is 2.67 bits per heavy atom. The van der Waals surface area contributed by atoms with Crippen LogP contribution in [0.2, 0.25) is 0 Å². The third-order valence-corrected chi connectivity index (χ3v) is 1.06. The molecule has 0 bridgehead atoms. The molecular formula is C6H9N2O+. The minimum Gasteiger partial charge on any atom is -0.350 e. The Morgan fingerprint density at radius 1 is 1.78 bits per heavy atom. The molecule has 0 unspecified atom stereocenters. The molecule has 1 heterocycles. The van der Waals surface area contributed by atoms with Gasteiger partial charge in [0.1, 0.15) is 6.20 Å². The largest absolute Gasteiger partial charge is 0.350 e. The van der Waals surface area contributed by atoms with Crippen LogP contribution in [0.15, 0.2) is 25.3 Å². The van der Waals surface area contributed by atoms with Gasteiger partial charge in [0.25, 0.3) is 6.33 Å². The van der Waals surface area contributed by atoms with E-state index in [2.05, 4.69) is 6.58 Å². The predicted molar refractivity (Wildman–Crippen MR) is 32.8 cm³/mol. The van der Waals surface area contributed by atoms with Crippen LogP contribution in [0.25, 0.3) is 5.70 Å². The van der Waals surface area contributed by atoms with Gasteiger partial charge in [0, 0.05) is 0 Å². The minimum absolute atomic E-state index is 0.878.